The predicted octanol–water partition coefficient (Wildman–Crippen LogP) is 5.29. The highest BCUT2D eigenvalue weighted by atomic mass is 35.5. The smallest absolute Gasteiger partial charge is 0.0966 e. The van der Waals surface area contributed by atoms with Crippen molar-refractivity contribution in [3.8, 4) is 0 Å². The second kappa shape index (κ2) is 22.3. The van der Waals surface area contributed by atoms with Crippen LogP contribution in [0.1, 0.15) is 122 Å². The molecule has 0 rings (SSSR count). The molecule has 0 aliphatic carbocycles. The summed E-state index contributed by atoms with van der Waals surface area (Å²) in [6.07, 6.45) is 28.2. The van der Waals surface area contributed by atoms with Crippen LogP contribution >= 0.6 is 0 Å². The molecule has 27 heavy (non-hydrogen) atoms. The van der Waals surface area contributed by atoms with Gasteiger partial charge in [0.05, 0.1) is 27.2 Å². The summed E-state index contributed by atoms with van der Waals surface area (Å²) in [7, 11) is 4.63. The Balaban J connectivity index is 0. The van der Waals surface area contributed by atoms with Crippen LogP contribution in [-0.2, 0) is 0 Å². The predicted molar refractivity (Wildman–Crippen MR) is 121 cm³/mol. The average Bonchev–Trinajstić information content (AvgIpc) is 2.60. The maximum absolute atomic E-state index is 3.86. The lowest BCUT2D eigenvalue weighted by Gasteiger charge is -2.28. The highest BCUT2D eigenvalue weighted by molar-refractivity contribution is 4.64. The molecule has 0 saturated heterocycles. The van der Waals surface area contributed by atoms with E-state index in [9.17, 15) is 0 Å². The fourth-order valence-corrected chi connectivity index (χ4v) is 3.88. The van der Waals surface area contributed by atoms with Crippen molar-refractivity contribution in [2.24, 2.45) is 0 Å². The highest BCUT2D eigenvalue weighted by Gasteiger charge is 2.11. The normalized spacial score (nSPS) is 11.4. The lowest BCUT2D eigenvalue weighted by atomic mass is 10.0. The SMILES string of the molecule is C=CC[N+](C)(C)CCCCCCCCCCCCCCCCCCCC.[Cl-]. The third-order valence-electron chi connectivity index (χ3n) is 5.74. The lowest BCUT2D eigenvalue weighted by Crippen LogP contribution is -3.00. The van der Waals surface area contributed by atoms with Gasteiger partial charge in [0, 0.05) is 0 Å². The zero-order valence-electron chi connectivity index (χ0n) is 19.3. The van der Waals surface area contributed by atoms with Gasteiger partial charge in [0.2, 0.25) is 0 Å². The summed E-state index contributed by atoms with van der Waals surface area (Å²) in [6, 6.07) is 0. The van der Waals surface area contributed by atoms with E-state index in [1.54, 1.807) is 0 Å². The molecule has 164 valence electrons. The van der Waals surface area contributed by atoms with Gasteiger partial charge in [-0.05, 0) is 18.9 Å². The maximum atomic E-state index is 3.86. The Kier molecular flexibility index (Phi) is 24.1. The molecule has 1 nitrogen and oxygen atoms in total. The molecule has 0 N–H and O–H groups in total. The van der Waals surface area contributed by atoms with Crippen molar-refractivity contribution < 1.29 is 16.9 Å². The summed E-state index contributed by atoms with van der Waals surface area (Å²) in [6.45, 7) is 8.55. The van der Waals surface area contributed by atoms with Gasteiger partial charge in [-0.25, -0.2) is 0 Å². The molecule has 0 aromatic rings. The fourth-order valence-electron chi connectivity index (χ4n) is 3.88. The average molecular weight is 402 g/mol. The molecule has 0 saturated carbocycles. The molecule has 0 amide bonds. The molecule has 0 atom stereocenters. The number of halogens is 1. The summed E-state index contributed by atoms with van der Waals surface area (Å²) >= 11 is 0. The van der Waals surface area contributed by atoms with Gasteiger partial charge >= 0.3 is 0 Å². The van der Waals surface area contributed by atoms with E-state index in [-0.39, 0.29) is 12.4 Å². The van der Waals surface area contributed by atoms with Gasteiger partial charge in [-0.15, -0.1) is 0 Å². The van der Waals surface area contributed by atoms with E-state index in [1.165, 1.54) is 122 Å². The van der Waals surface area contributed by atoms with Crippen molar-refractivity contribution in [1.29, 1.82) is 0 Å². The standard InChI is InChI=1S/C25H52N.ClH/c1-5-7-8-9-10-11-12-13-14-15-16-17-18-19-20-21-22-23-25-26(3,4)24-6-2;/h6H,2,5,7-25H2,1,3-4H3;1H/q+1;/p-1. The van der Waals surface area contributed by atoms with Crippen LogP contribution in [0, 0.1) is 0 Å². The van der Waals surface area contributed by atoms with Crippen LogP contribution in [0.3, 0.4) is 0 Å². The van der Waals surface area contributed by atoms with Crippen molar-refractivity contribution in [3.05, 3.63) is 12.7 Å². The van der Waals surface area contributed by atoms with Crippen LogP contribution in [0.25, 0.3) is 0 Å². The minimum Gasteiger partial charge on any atom is -1.00 e. The zero-order valence-corrected chi connectivity index (χ0v) is 20.0. The van der Waals surface area contributed by atoms with Crippen molar-refractivity contribution in [2.45, 2.75) is 122 Å². The van der Waals surface area contributed by atoms with Crippen LogP contribution in [0.4, 0.5) is 0 Å². The first kappa shape index (κ1) is 29.2. The molecule has 0 radical (unpaired) electrons. The molecule has 0 aliphatic rings. The van der Waals surface area contributed by atoms with Crippen molar-refractivity contribution >= 4 is 0 Å². The van der Waals surface area contributed by atoms with Gasteiger partial charge in [0.15, 0.2) is 0 Å². The molecule has 0 aromatic carbocycles. The van der Waals surface area contributed by atoms with Crippen LogP contribution < -0.4 is 12.4 Å². The number of unbranched alkanes of at least 4 members (excludes halogenated alkanes) is 17. The molecule has 0 aromatic heterocycles. The maximum Gasteiger partial charge on any atom is 0.0966 e. The molecule has 0 aliphatic heterocycles. The van der Waals surface area contributed by atoms with E-state index in [0.717, 1.165) is 11.0 Å². The Hall–Kier alpha value is -0.0100. The van der Waals surface area contributed by atoms with E-state index in [0.29, 0.717) is 0 Å². The number of rotatable bonds is 21. The first-order chi connectivity index (χ1) is 12.6. The molecule has 0 fully saturated rings. The Labute approximate surface area is 179 Å². The summed E-state index contributed by atoms with van der Waals surface area (Å²) < 4.78 is 1.10. The second-order valence-electron chi connectivity index (χ2n) is 9.14. The molecular weight excluding hydrogens is 350 g/mol. The summed E-state index contributed by atoms with van der Waals surface area (Å²) in [5, 5.41) is 0. The third-order valence-corrected chi connectivity index (χ3v) is 5.74. The molecule has 0 heterocycles. The number of nitrogens with zero attached hydrogens (tertiary/aromatic N) is 1. The van der Waals surface area contributed by atoms with E-state index in [1.807, 2.05) is 0 Å². The molecule has 2 heteroatoms. The van der Waals surface area contributed by atoms with E-state index in [4.69, 9.17) is 0 Å². The quantitative estimate of drug-likeness (QED) is 0.139. The van der Waals surface area contributed by atoms with E-state index >= 15 is 0 Å². The van der Waals surface area contributed by atoms with Gasteiger partial charge < -0.3 is 16.9 Å². The lowest BCUT2D eigenvalue weighted by molar-refractivity contribution is -0.884. The minimum atomic E-state index is 0. The van der Waals surface area contributed by atoms with Crippen LogP contribution in [-0.4, -0.2) is 31.7 Å². The zero-order chi connectivity index (χ0) is 19.3. The van der Waals surface area contributed by atoms with E-state index in [2.05, 4.69) is 33.7 Å². The summed E-state index contributed by atoms with van der Waals surface area (Å²) in [5.41, 5.74) is 0. The van der Waals surface area contributed by atoms with Gasteiger partial charge in [-0.3, -0.25) is 0 Å². The number of quaternary nitrogens is 1. The first-order valence-electron chi connectivity index (χ1n) is 12.1. The number of hydrogen-bond donors (Lipinski definition) is 0. The van der Waals surface area contributed by atoms with Gasteiger partial charge in [-0.2, -0.15) is 0 Å². The van der Waals surface area contributed by atoms with Crippen molar-refractivity contribution in [2.75, 3.05) is 27.2 Å². The summed E-state index contributed by atoms with van der Waals surface area (Å²) in [4.78, 5) is 0. The molecule has 0 bridgehead atoms. The largest absolute Gasteiger partial charge is 1.00 e. The molecule has 0 unspecified atom stereocenters. The first-order valence-corrected chi connectivity index (χ1v) is 12.1. The van der Waals surface area contributed by atoms with Crippen LogP contribution in [0.5, 0.6) is 0 Å². The Morgan fingerprint density at radius 2 is 0.852 bits per heavy atom. The monoisotopic (exact) mass is 401 g/mol. The van der Waals surface area contributed by atoms with Gasteiger partial charge in [0.1, 0.15) is 0 Å². The van der Waals surface area contributed by atoms with Crippen LogP contribution in [0.15, 0.2) is 12.7 Å². The second-order valence-corrected chi connectivity index (χ2v) is 9.14. The van der Waals surface area contributed by atoms with Crippen molar-refractivity contribution in [1.82, 2.24) is 0 Å². The highest BCUT2D eigenvalue weighted by Crippen LogP contribution is 2.14. The molecular formula is C25H52ClN. The topological polar surface area (TPSA) is 0 Å². The Morgan fingerprint density at radius 1 is 0.556 bits per heavy atom. The molecule has 0 spiro atoms. The van der Waals surface area contributed by atoms with E-state index < -0.39 is 0 Å². The number of hydrogen-bond acceptors (Lipinski definition) is 0. The van der Waals surface area contributed by atoms with Gasteiger partial charge in [0.25, 0.3) is 0 Å². The fraction of sp³-hybridized carbons (Fsp3) is 0.920. The third kappa shape index (κ3) is 24.0. The van der Waals surface area contributed by atoms with Gasteiger partial charge in [-0.1, -0.05) is 116 Å². The van der Waals surface area contributed by atoms with Crippen LogP contribution in [0.2, 0.25) is 0 Å². The summed E-state index contributed by atoms with van der Waals surface area (Å²) in [5.74, 6) is 0. The minimum absolute atomic E-state index is 0. The Morgan fingerprint density at radius 3 is 1.15 bits per heavy atom. The van der Waals surface area contributed by atoms with Crippen molar-refractivity contribution in [3.63, 3.8) is 0 Å². The Bertz CT molecular complexity index is 288. The number of likely N-dealkylation sites (N-methyl/N-ethyl adjacent to an activating group) is 1.